The summed E-state index contributed by atoms with van der Waals surface area (Å²) in [6.07, 6.45) is 0. The first-order valence-electron chi connectivity index (χ1n) is 4.62. The third-order valence-corrected chi connectivity index (χ3v) is 1.73. The molecule has 0 fully saturated rings. The Morgan fingerprint density at radius 2 is 2.00 bits per heavy atom. The molecule has 0 aliphatic carbocycles. The van der Waals surface area contributed by atoms with Gasteiger partial charge in [-0.2, -0.15) is 0 Å². The third-order valence-electron chi connectivity index (χ3n) is 1.73. The van der Waals surface area contributed by atoms with Gasteiger partial charge in [-0.1, -0.05) is 0 Å². The minimum atomic E-state index is -0.440. The Labute approximate surface area is 88.4 Å². The first kappa shape index (κ1) is 11.3. The quantitative estimate of drug-likeness (QED) is 0.445. The fourth-order valence-corrected chi connectivity index (χ4v) is 1.21. The number of nitrogens with two attached hydrogens (primary N) is 1. The molecule has 0 aliphatic heterocycles. The van der Waals surface area contributed by atoms with Crippen LogP contribution in [0, 0.1) is 10.1 Å². The molecular formula is C10H15N3O2. The standard InChI is InChI=1S/C10H15N3O2/c1-10(2,3)12-8-5-4-7(11)6-9(8)13(14)15/h4-6,12H,11H2,1-3H3. The van der Waals surface area contributed by atoms with Gasteiger partial charge in [-0.25, -0.2) is 0 Å². The highest BCUT2D eigenvalue weighted by atomic mass is 16.6. The van der Waals surface area contributed by atoms with Crippen molar-refractivity contribution in [1.29, 1.82) is 0 Å². The van der Waals surface area contributed by atoms with Crippen molar-refractivity contribution >= 4 is 17.1 Å². The van der Waals surface area contributed by atoms with Crippen molar-refractivity contribution in [2.24, 2.45) is 0 Å². The number of nitro groups is 1. The Kier molecular flexibility index (Phi) is 2.83. The zero-order valence-electron chi connectivity index (χ0n) is 9.07. The Bertz CT molecular complexity index is 383. The second kappa shape index (κ2) is 3.76. The molecule has 0 aliphatic rings. The second-order valence-electron chi connectivity index (χ2n) is 4.41. The molecule has 0 radical (unpaired) electrons. The van der Waals surface area contributed by atoms with Crippen LogP contribution < -0.4 is 11.1 Å². The number of nitrogen functional groups attached to an aromatic ring is 1. The molecule has 1 aromatic carbocycles. The summed E-state index contributed by atoms with van der Waals surface area (Å²) in [5.74, 6) is 0. The number of nitro benzene ring substituents is 1. The van der Waals surface area contributed by atoms with Crippen LogP contribution in [0.1, 0.15) is 20.8 Å². The van der Waals surface area contributed by atoms with Crippen molar-refractivity contribution in [1.82, 2.24) is 0 Å². The lowest BCUT2D eigenvalue weighted by Crippen LogP contribution is -2.26. The average Bonchev–Trinajstić information content (AvgIpc) is 2.05. The molecule has 82 valence electrons. The SMILES string of the molecule is CC(C)(C)Nc1ccc(N)cc1[N+](=O)[O-]. The largest absolute Gasteiger partial charge is 0.399 e. The van der Waals surface area contributed by atoms with Gasteiger partial charge in [-0.15, -0.1) is 0 Å². The molecule has 1 rings (SSSR count). The lowest BCUT2D eigenvalue weighted by Gasteiger charge is -2.21. The van der Waals surface area contributed by atoms with Crippen molar-refractivity contribution in [3.63, 3.8) is 0 Å². The molecule has 0 atom stereocenters. The number of nitrogens with zero attached hydrogens (tertiary/aromatic N) is 1. The minimum absolute atomic E-state index is 0.00456. The Hall–Kier alpha value is -1.78. The Balaban J connectivity index is 3.12. The van der Waals surface area contributed by atoms with E-state index in [9.17, 15) is 10.1 Å². The van der Waals surface area contributed by atoms with E-state index in [-0.39, 0.29) is 11.2 Å². The summed E-state index contributed by atoms with van der Waals surface area (Å²) < 4.78 is 0. The highest BCUT2D eigenvalue weighted by Crippen LogP contribution is 2.28. The molecular weight excluding hydrogens is 194 g/mol. The second-order valence-corrected chi connectivity index (χ2v) is 4.41. The third kappa shape index (κ3) is 3.12. The van der Waals surface area contributed by atoms with Crippen molar-refractivity contribution < 1.29 is 4.92 Å². The van der Waals surface area contributed by atoms with Gasteiger partial charge in [0.25, 0.3) is 5.69 Å². The van der Waals surface area contributed by atoms with Crippen molar-refractivity contribution in [2.75, 3.05) is 11.1 Å². The van der Waals surface area contributed by atoms with Crippen LogP contribution >= 0.6 is 0 Å². The topological polar surface area (TPSA) is 81.2 Å². The van der Waals surface area contributed by atoms with Gasteiger partial charge in [0, 0.05) is 17.3 Å². The van der Waals surface area contributed by atoms with Crippen LogP contribution in [-0.2, 0) is 0 Å². The number of rotatable bonds is 2. The highest BCUT2D eigenvalue weighted by Gasteiger charge is 2.18. The van der Waals surface area contributed by atoms with E-state index >= 15 is 0 Å². The molecule has 0 aromatic heterocycles. The molecule has 0 saturated heterocycles. The van der Waals surface area contributed by atoms with Crippen molar-refractivity contribution in [2.45, 2.75) is 26.3 Å². The molecule has 15 heavy (non-hydrogen) atoms. The first-order chi connectivity index (χ1) is 6.79. The van der Waals surface area contributed by atoms with E-state index in [1.807, 2.05) is 20.8 Å². The number of hydrogen-bond donors (Lipinski definition) is 2. The van der Waals surface area contributed by atoms with Crippen LogP contribution in [0.4, 0.5) is 17.1 Å². The van der Waals surface area contributed by atoms with E-state index in [0.29, 0.717) is 11.4 Å². The predicted molar refractivity (Wildman–Crippen MR) is 60.9 cm³/mol. The van der Waals surface area contributed by atoms with Crippen LogP contribution in [0.3, 0.4) is 0 Å². The highest BCUT2D eigenvalue weighted by molar-refractivity contribution is 5.67. The zero-order chi connectivity index (χ0) is 11.6. The summed E-state index contributed by atoms with van der Waals surface area (Å²) >= 11 is 0. The lowest BCUT2D eigenvalue weighted by atomic mass is 10.1. The van der Waals surface area contributed by atoms with Gasteiger partial charge in [-0.05, 0) is 32.9 Å². The van der Waals surface area contributed by atoms with E-state index in [1.165, 1.54) is 6.07 Å². The van der Waals surface area contributed by atoms with Crippen LogP contribution in [0.25, 0.3) is 0 Å². The van der Waals surface area contributed by atoms with E-state index < -0.39 is 4.92 Å². The fourth-order valence-electron chi connectivity index (χ4n) is 1.21. The summed E-state index contributed by atoms with van der Waals surface area (Å²) in [7, 11) is 0. The summed E-state index contributed by atoms with van der Waals surface area (Å²) in [4.78, 5) is 10.3. The van der Waals surface area contributed by atoms with E-state index in [0.717, 1.165) is 0 Å². The maximum atomic E-state index is 10.8. The van der Waals surface area contributed by atoms with Crippen LogP contribution in [0.5, 0.6) is 0 Å². The zero-order valence-corrected chi connectivity index (χ0v) is 9.07. The Morgan fingerprint density at radius 1 is 1.40 bits per heavy atom. The molecule has 1 aromatic rings. The molecule has 0 spiro atoms. The molecule has 0 heterocycles. The minimum Gasteiger partial charge on any atom is -0.399 e. The molecule has 3 N–H and O–H groups in total. The molecule has 0 saturated carbocycles. The predicted octanol–water partition coefficient (Wildman–Crippen LogP) is 2.39. The van der Waals surface area contributed by atoms with E-state index in [4.69, 9.17) is 5.73 Å². The normalized spacial score (nSPS) is 11.1. The monoisotopic (exact) mass is 209 g/mol. The van der Waals surface area contributed by atoms with Crippen molar-refractivity contribution in [3.05, 3.63) is 28.3 Å². The van der Waals surface area contributed by atoms with Crippen molar-refractivity contribution in [3.8, 4) is 0 Å². The average molecular weight is 209 g/mol. The molecule has 0 amide bonds. The lowest BCUT2D eigenvalue weighted by molar-refractivity contribution is -0.383. The molecule has 0 unspecified atom stereocenters. The maximum Gasteiger partial charge on any atom is 0.294 e. The number of nitrogens with one attached hydrogen (secondary N) is 1. The van der Waals surface area contributed by atoms with Crippen LogP contribution in [0.2, 0.25) is 0 Å². The molecule has 5 heteroatoms. The smallest absolute Gasteiger partial charge is 0.294 e. The molecule has 5 nitrogen and oxygen atoms in total. The van der Waals surface area contributed by atoms with Gasteiger partial charge in [0.2, 0.25) is 0 Å². The number of anilines is 2. The van der Waals surface area contributed by atoms with Gasteiger partial charge in [0.1, 0.15) is 5.69 Å². The van der Waals surface area contributed by atoms with Gasteiger partial charge in [-0.3, -0.25) is 10.1 Å². The summed E-state index contributed by atoms with van der Waals surface area (Å²) in [5.41, 5.74) is 6.16. The first-order valence-corrected chi connectivity index (χ1v) is 4.62. The van der Waals surface area contributed by atoms with E-state index in [1.54, 1.807) is 12.1 Å². The molecule has 0 bridgehead atoms. The fraction of sp³-hybridized carbons (Fsp3) is 0.400. The van der Waals surface area contributed by atoms with Crippen LogP contribution in [-0.4, -0.2) is 10.5 Å². The van der Waals surface area contributed by atoms with Gasteiger partial charge in [0.15, 0.2) is 0 Å². The summed E-state index contributed by atoms with van der Waals surface area (Å²) in [5, 5.41) is 13.8. The van der Waals surface area contributed by atoms with Crippen LogP contribution in [0.15, 0.2) is 18.2 Å². The number of benzene rings is 1. The Morgan fingerprint density at radius 3 is 2.47 bits per heavy atom. The van der Waals surface area contributed by atoms with Gasteiger partial charge < -0.3 is 11.1 Å². The summed E-state index contributed by atoms with van der Waals surface area (Å²) in [6, 6.07) is 4.62. The summed E-state index contributed by atoms with van der Waals surface area (Å²) in [6.45, 7) is 5.81. The van der Waals surface area contributed by atoms with Gasteiger partial charge in [0.05, 0.1) is 4.92 Å². The number of hydrogen-bond acceptors (Lipinski definition) is 4. The van der Waals surface area contributed by atoms with Gasteiger partial charge >= 0.3 is 0 Å². The van der Waals surface area contributed by atoms with E-state index in [2.05, 4.69) is 5.32 Å². The maximum absolute atomic E-state index is 10.8.